The van der Waals surface area contributed by atoms with Crippen molar-refractivity contribution in [1.29, 1.82) is 0 Å². The van der Waals surface area contributed by atoms with E-state index in [0.717, 1.165) is 29.0 Å². The monoisotopic (exact) mass is 293 g/mol. The zero-order valence-electron chi connectivity index (χ0n) is 11.6. The standard InChI is InChI=1S/C15H14F3N3/c1-10-3-4-11(2)12(7-10)8-20-21-14-6-5-13(9-19-14)15(16,17)18/h3-9H,1-2H3,(H,19,21). The summed E-state index contributed by atoms with van der Waals surface area (Å²) in [4.78, 5) is 3.67. The first kappa shape index (κ1) is 15.0. The van der Waals surface area contributed by atoms with E-state index in [1.165, 1.54) is 6.07 Å². The molecule has 1 aromatic heterocycles. The predicted octanol–water partition coefficient (Wildman–Crippen LogP) is 4.16. The van der Waals surface area contributed by atoms with Gasteiger partial charge in [-0.3, -0.25) is 5.43 Å². The van der Waals surface area contributed by atoms with Crippen LogP contribution in [0.4, 0.5) is 19.0 Å². The van der Waals surface area contributed by atoms with Crippen molar-refractivity contribution in [2.75, 3.05) is 5.43 Å². The van der Waals surface area contributed by atoms with Gasteiger partial charge in [-0.25, -0.2) is 4.98 Å². The molecule has 0 bridgehead atoms. The summed E-state index contributed by atoms with van der Waals surface area (Å²) < 4.78 is 37.2. The first-order valence-electron chi connectivity index (χ1n) is 6.26. The second-order valence-corrected chi connectivity index (χ2v) is 4.66. The molecule has 3 nitrogen and oxygen atoms in total. The number of nitrogens with zero attached hydrogens (tertiary/aromatic N) is 2. The van der Waals surface area contributed by atoms with Crippen LogP contribution in [0.3, 0.4) is 0 Å². The van der Waals surface area contributed by atoms with Gasteiger partial charge in [-0.2, -0.15) is 18.3 Å². The van der Waals surface area contributed by atoms with E-state index in [1.54, 1.807) is 6.21 Å². The van der Waals surface area contributed by atoms with Crippen molar-refractivity contribution in [1.82, 2.24) is 4.98 Å². The van der Waals surface area contributed by atoms with Gasteiger partial charge in [-0.05, 0) is 37.1 Å². The van der Waals surface area contributed by atoms with Gasteiger partial charge in [0.05, 0.1) is 11.8 Å². The fourth-order valence-electron chi connectivity index (χ4n) is 1.69. The number of benzene rings is 1. The van der Waals surface area contributed by atoms with Gasteiger partial charge in [0.25, 0.3) is 0 Å². The third kappa shape index (κ3) is 4.05. The summed E-state index contributed by atoms with van der Waals surface area (Å²) in [6.07, 6.45) is -2.00. The summed E-state index contributed by atoms with van der Waals surface area (Å²) in [5.41, 5.74) is 4.93. The van der Waals surface area contributed by atoms with E-state index in [4.69, 9.17) is 0 Å². The van der Waals surface area contributed by atoms with Crippen LogP contribution in [0.15, 0.2) is 41.6 Å². The summed E-state index contributed by atoms with van der Waals surface area (Å²) in [5.74, 6) is 0.254. The maximum atomic E-state index is 12.4. The SMILES string of the molecule is Cc1ccc(C)c(C=NNc2ccc(C(F)(F)F)cn2)c1. The molecule has 0 aliphatic carbocycles. The first-order valence-corrected chi connectivity index (χ1v) is 6.26. The highest BCUT2D eigenvalue weighted by atomic mass is 19.4. The van der Waals surface area contributed by atoms with Crippen LogP contribution >= 0.6 is 0 Å². The van der Waals surface area contributed by atoms with Gasteiger partial charge in [0.2, 0.25) is 0 Å². The van der Waals surface area contributed by atoms with E-state index in [1.807, 2.05) is 32.0 Å². The number of halogens is 3. The van der Waals surface area contributed by atoms with Crippen molar-refractivity contribution >= 4 is 12.0 Å². The molecule has 1 aromatic carbocycles. The third-order valence-electron chi connectivity index (χ3n) is 2.91. The van der Waals surface area contributed by atoms with Gasteiger partial charge in [0, 0.05) is 6.20 Å². The van der Waals surface area contributed by atoms with E-state index in [-0.39, 0.29) is 5.82 Å². The molecule has 2 rings (SSSR count). The predicted molar refractivity (Wildman–Crippen MR) is 76.4 cm³/mol. The number of hydrogen-bond acceptors (Lipinski definition) is 3. The Morgan fingerprint density at radius 3 is 2.52 bits per heavy atom. The number of aromatic nitrogens is 1. The molecule has 21 heavy (non-hydrogen) atoms. The van der Waals surface area contributed by atoms with Crippen molar-refractivity contribution in [2.24, 2.45) is 5.10 Å². The Kier molecular flexibility index (Phi) is 4.26. The first-order chi connectivity index (χ1) is 9.86. The molecular weight excluding hydrogens is 279 g/mol. The maximum absolute atomic E-state index is 12.4. The zero-order valence-corrected chi connectivity index (χ0v) is 11.6. The molecule has 0 saturated carbocycles. The van der Waals surface area contributed by atoms with Crippen molar-refractivity contribution in [3.8, 4) is 0 Å². The van der Waals surface area contributed by atoms with Crippen molar-refractivity contribution < 1.29 is 13.2 Å². The van der Waals surface area contributed by atoms with Gasteiger partial charge < -0.3 is 0 Å². The normalized spacial score (nSPS) is 11.9. The average molecular weight is 293 g/mol. The minimum Gasteiger partial charge on any atom is -0.261 e. The number of rotatable bonds is 3. The maximum Gasteiger partial charge on any atom is 0.417 e. The third-order valence-corrected chi connectivity index (χ3v) is 2.91. The topological polar surface area (TPSA) is 37.3 Å². The Hall–Kier alpha value is -2.37. The summed E-state index contributed by atoms with van der Waals surface area (Å²) >= 11 is 0. The molecule has 0 fully saturated rings. The summed E-state index contributed by atoms with van der Waals surface area (Å²) in [7, 11) is 0. The summed E-state index contributed by atoms with van der Waals surface area (Å²) in [6, 6.07) is 8.15. The Bertz CT molecular complexity index is 646. The van der Waals surface area contributed by atoms with Gasteiger partial charge >= 0.3 is 6.18 Å². The lowest BCUT2D eigenvalue weighted by molar-refractivity contribution is -0.137. The number of alkyl halides is 3. The van der Waals surface area contributed by atoms with Crippen LogP contribution in [0.2, 0.25) is 0 Å². The molecule has 0 radical (unpaired) electrons. The van der Waals surface area contributed by atoms with Crippen LogP contribution < -0.4 is 5.43 Å². The highest BCUT2D eigenvalue weighted by Crippen LogP contribution is 2.28. The van der Waals surface area contributed by atoms with E-state index in [2.05, 4.69) is 15.5 Å². The molecule has 1 N–H and O–H groups in total. The molecule has 0 aliphatic rings. The van der Waals surface area contributed by atoms with Gasteiger partial charge in [0.15, 0.2) is 0 Å². The van der Waals surface area contributed by atoms with E-state index >= 15 is 0 Å². The highest BCUT2D eigenvalue weighted by molar-refractivity contribution is 5.82. The summed E-state index contributed by atoms with van der Waals surface area (Å²) in [5, 5.41) is 3.99. The molecule has 0 aliphatic heterocycles. The minimum atomic E-state index is -4.38. The fourth-order valence-corrected chi connectivity index (χ4v) is 1.69. The Morgan fingerprint density at radius 2 is 1.90 bits per heavy atom. The number of pyridine rings is 1. The van der Waals surface area contributed by atoms with E-state index in [9.17, 15) is 13.2 Å². The Labute approximate surface area is 120 Å². The number of aryl methyl sites for hydroxylation is 2. The van der Waals surface area contributed by atoms with Gasteiger partial charge in [-0.15, -0.1) is 0 Å². The van der Waals surface area contributed by atoms with E-state index < -0.39 is 11.7 Å². The molecule has 0 saturated heterocycles. The van der Waals surface area contributed by atoms with Crippen LogP contribution in [0.1, 0.15) is 22.3 Å². The molecule has 0 amide bonds. The van der Waals surface area contributed by atoms with Crippen LogP contribution in [-0.4, -0.2) is 11.2 Å². The van der Waals surface area contributed by atoms with Crippen LogP contribution in [0.25, 0.3) is 0 Å². The molecule has 1 heterocycles. The molecule has 0 spiro atoms. The second-order valence-electron chi connectivity index (χ2n) is 4.66. The lowest BCUT2D eigenvalue weighted by Gasteiger charge is -2.06. The van der Waals surface area contributed by atoms with Crippen molar-refractivity contribution in [2.45, 2.75) is 20.0 Å². The highest BCUT2D eigenvalue weighted by Gasteiger charge is 2.30. The second kappa shape index (κ2) is 5.95. The van der Waals surface area contributed by atoms with Crippen LogP contribution in [0, 0.1) is 13.8 Å². The molecular formula is C15H14F3N3. The van der Waals surface area contributed by atoms with E-state index in [0.29, 0.717) is 0 Å². The Balaban J connectivity index is 2.06. The molecule has 0 unspecified atom stereocenters. The summed E-state index contributed by atoms with van der Waals surface area (Å²) in [6.45, 7) is 3.93. The quantitative estimate of drug-likeness (QED) is 0.681. The lowest BCUT2D eigenvalue weighted by atomic mass is 10.1. The van der Waals surface area contributed by atoms with Crippen LogP contribution in [0.5, 0.6) is 0 Å². The fraction of sp³-hybridized carbons (Fsp3) is 0.200. The van der Waals surface area contributed by atoms with Gasteiger partial charge in [-0.1, -0.05) is 23.8 Å². The molecule has 2 aromatic rings. The number of hydrogen-bond donors (Lipinski definition) is 1. The number of hydrazone groups is 1. The number of anilines is 1. The Morgan fingerprint density at radius 1 is 1.14 bits per heavy atom. The molecule has 6 heteroatoms. The molecule has 0 atom stereocenters. The zero-order chi connectivity index (χ0) is 15.5. The van der Waals surface area contributed by atoms with Crippen molar-refractivity contribution in [3.05, 3.63) is 58.8 Å². The minimum absolute atomic E-state index is 0.254. The van der Waals surface area contributed by atoms with Gasteiger partial charge in [0.1, 0.15) is 5.82 Å². The number of nitrogens with one attached hydrogen (secondary N) is 1. The molecule has 110 valence electrons. The van der Waals surface area contributed by atoms with Crippen molar-refractivity contribution in [3.63, 3.8) is 0 Å². The average Bonchev–Trinajstić information content (AvgIpc) is 2.42. The van der Waals surface area contributed by atoms with Crippen LogP contribution in [-0.2, 0) is 6.18 Å². The largest absolute Gasteiger partial charge is 0.417 e. The smallest absolute Gasteiger partial charge is 0.261 e. The lowest BCUT2D eigenvalue weighted by Crippen LogP contribution is -2.05.